The lowest BCUT2D eigenvalue weighted by Crippen LogP contribution is -2.32. The SMILES string of the molecule is CC(C)(CCl)OC(=O)c1ccc(CC(N)C(=O)O)cc1. The van der Waals surface area contributed by atoms with Crippen LogP contribution in [-0.2, 0) is 16.0 Å². The summed E-state index contributed by atoms with van der Waals surface area (Å²) in [5.41, 5.74) is 5.84. The zero-order chi connectivity index (χ0) is 15.3. The molecule has 3 N–H and O–H groups in total. The van der Waals surface area contributed by atoms with Crippen molar-refractivity contribution in [2.24, 2.45) is 5.73 Å². The van der Waals surface area contributed by atoms with Gasteiger partial charge in [0.1, 0.15) is 11.6 Å². The fraction of sp³-hybridized carbons (Fsp3) is 0.429. The molecule has 1 atom stereocenters. The molecule has 0 bridgehead atoms. The van der Waals surface area contributed by atoms with Gasteiger partial charge in [-0.05, 0) is 38.0 Å². The van der Waals surface area contributed by atoms with Crippen molar-refractivity contribution >= 4 is 23.5 Å². The monoisotopic (exact) mass is 299 g/mol. The lowest BCUT2D eigenvalue weighted by Gasteiger charge is -2.22. The highest BCUT2D eigenvalue weighted by Gasteiger charge is 2.22. The standard InChI is InChI=1S/C14H18ClNO4/c1-14(2,8-15)20-13(19)10-5-3-9(4-6-10)7-11(16)12(17)18/h3-6,11H,7-8,16H2,1-2H3,(H,17,18). The van der Waals surface area contributed by atoms with E-state index in [4.69, 9.17) is 27.2 Å². The third-order valence-corrected chi connectivity index (χ3v) is 3.30. The summed E-state index contributed by atoms with van der Waals surface area (Å²) in [6.45, 7) is 3.44. The van der Waals surface area contributed by atoms with Gasteiger partial charge in [-0.1, -0.05) is 12.1 Å². The summed E-state index contributed by atoms with van der Waals surface area (Å²) in [6.07, 6.45) is 0.206. The summed E-state index contributed by atoms with van der Waals surface area (Å²) < 4.78 is 5.24. The first-order valence-electron chi connectivity index (χ1n) is 6.12. The molecule has 0 aliphatic carbocycles. The predicted molar refractivity (Wildman–Crippen MR) is 76.0 cm³/mol. The van der Waals surface area contributed by atoms with Crippen LogP contribution in [0.4, 0.5) is 0 Å². The third kappa shape index (κ3) is 4.83. The fourth-order valence-electron chi connectivity index (χ4n) is 1.46. The first-order chi connectivity index (χ1) is 9.25. The zero-order valence-electron chi connectivity index (χ0n) is 11.4. The molecule has 5 nitrogen and oxygen atoms in total. The van der Waals surface area contributed by atoms with E-state index in [-0.39, 0.29) is 12.3 Å². The van der Waals surface area contributed by atoms with Crippen LogP contribution in [0.25, 0.3) is 0 Å². The molecule has 0 spiro atoms. The number of carbonyl (C=O) groups is 2. The smallest absolute Gasteiger partial charge is 0.338 e. The number of rotatable bonds is 6. The van der Waals surface area contributed by atoms with Crippen LogP contribution in [0.2, 0.25) is 0 Å². The molecule has 1 unspecified atom stereocenters. The third-order valence-electron chi connectivity index (χ3n) is 2.65. The van der Waals surface area contributed by atoms with E-state index < -0.39 is 23.6 Å². The number of hydrogen-bond acceptors (Lipinski definition) is 4. The zero-order valence-corrected chi connectivity index (χ0v) is 12.2. The Balaban J connectivity index is 2.71. The minimum absolute atomic E-state index is 0.199. The number of alkyl halides is 1. The van der Waals surface area contributed by atoms with Crippen LogP contribution >= 0.6 is 11.6 Å². The van der Waals surface area contributed by atoms with E-state index in [9.17, 15) is 9.59 Å². The largest absolute Gasteiger partial charge is 0.480 e. The van der Waals surface area contributed by atoms with E-state index in [1.165, 1.54) is 0 Å². The van der Waals surface area contributed by atoms with Crippen LogP contribution in [0.3, 0.4) is 0 Å². The Labute approximate surface area is 122 Å². The normalized spacial score (nSPS) is 12.8. The second-order valence-corrected chi connectivity index (χ2v) is 5.40. The molecule has 1 aromatic rings. The number of carboxylic acids is 1. The second kappa shape index (κ2) is 6.72. The van der Waals surface area contributed by atoms with Gasteiger partial charge in [0.2, 0.25) is 0 Å². The predicted octanol–water partition coefficient (Wildman–Crippen LogP) is 1.82. The maximum absolute atomic E-state index is 11.9. The van der Waals surface area contributed by atoms with Crippen molar-refractivity contribution in [3.8, 4) is 0 Å². The number of halogens is 1. The summed E-state index contributed by atoms with van der Waals surface area (Å²) in [6, 6.07) is 5.52. The Morgan fingerprint density at radius 2 is 1.90 bits per heavy atom. The Kier molecular flexibility index (Phi) is 5.53. The van der Waals surface area contributed by atoms with Gasteiger partial charge in [-0.2, -0.15) is 0 Å². The number of hydrogen-bond donors (Lipinski definition) is 2. The number of ether oxygens (including phenoxy) is 1. The molecular weight excluding hydrogens is 282 g/mol. The Morgan fingerprint density at radius 3 is 2.35 bits per heavy atom. The molecule has 0 aliphatic heterocycles. The van der Waals surface area contributed by atoms with Crippen molar-refractivity contribution in [3.05, 3.63) is 35.4 Å². The highest BCUT2D eigenvalue weighted by Crippen LogP contribution is 2.15. The number of carboxylic acid groups (broad SMARTS) is 1. The van der Waals surface area contributed by atoms with Crippen LogP contribution in [0, 0.1) is 0 Å². The lowest BCUT2D eigenvalue weighted by atomic mass is 10.0. The van der Waals surface area contributed by atoms with Gasteiger partial charge in [0, 0.05) is 0 Å². The van der Waals surface area contributed by atoms with E-state index in [0.29, 0.717) is 5.56 Å². The highest BCUT2D eigenvalue weighted by molar-refractivity contribution is 6.18. The van der Waals surface area contributed by atoms with Crippen LogP contribution in [0.1, 0.15) is 29.8 Å². The van der Waals surface area contributed by atoms with Gasteiger partial charge < -0.3 is 15.6 Å². The average Bonchev–Trinajstić information content (AvgIpc) is 2.38. The minimum Gasteiger partial charge on any atom is -0.480 e. The maximum atomic E-state index is 11.9. The number of aliphatic carboxylic acids is 1. The van der Waals surface area contributed by atoms with Gasteiger partial charge in [0.15, 0.2) is 0 Å². The molecule has 0 saturated carbocycles. The van der Waals surface area contributed by atoms with Crippen molar-refractivity contribution in [2.75, 3.05) is 5.88 Å². The molecule has 0 aliphatic rings. The van der Waals surface area contributed by atoms with Gasteiger partial charge in [0.25, 0.3) is 0 Å². The first kappa shape index (κ1) is 16.5. The van der Waals surface area contributed by atoms with Crippen molar-refractivity contribution in [3.63, 3.8) is 0 Å². The second-order valence-electron chi connectivity index (χ2n) is 5.13. The molecule has 0 aromatic heterocycles. The first-order valence-corrected chi connectivity index (χ1v) is 6.65. The molecule has 1 aromatic carbocycles. The van der Waals surface area contributed by atoms with Crippen molar-refractivity contribution in [2.45, 2.75) is 31.9 Å². The maximum Gasteiger partial charge on any atom is 0.338 e. The quantitative estimate of drug-likeness (QED) is 0.618. The van der Waals surface area contributed by atoms with Crippen LogP contribution in [-0.4, -0.2) is 34.6 Å². The molecule has 0 saturated heterocycles. The summed E-state index contributed by atoms with van der Waals surface area (Å²) in [5.74, 6) is -1.33. The minimum atomic E-state index is -1.06. The van der Waals surface area contributed by atoms with Gasteiger partial charge >= 0.3 is 11.9 Å². The van der Waals surface area contributed by atoms with Crippen molar-refractivity contribution < 1.29 is 19.4 Å². The van der Waals surface area contributed by atoms with Crippen LogP contribution < -0.4 is 5.73 Å². The lowest BCUT2D eigenvalue weighted by molar-refractivity contribution is -0.138. The fourth-order valence-corrected chi connectivity index (χ4v) is 1.51. The van der Waals surface area contributed by atoms with Gasteiger partial charge in [-0.3, -0.25) is 4.79 Å². The van der Waals surface area contributed by atoms with Crippen molar-refractivity contribution in [1.82, 2.24) is 0 Å². The number of nitrogens with two attached hydrogens (primary N) is 1. The van der Waals surface area contributed by atoms with E-state index in [1.54, 1.807) is 38.1 Å². The molecule has 110 valence electrons. The molecule has 0 amide bonds. The van der Waals surface area contributed by atoms with Crippen LogP contribution in [0.15, 0.2) is 24.3 Å². The molecule has 1 rings (SSSR count). The van der Waals surface area contributed by atoms with E-state index in [1.807, 2.05) is 0 Å². The summed E-state index contributed by atoms with van der Waals surface area (Å²) >= 11 is 5.69. The molecule has 0 heterocycles. The van der Waals surface area contributed by atoms with Crippen molar-refractivity contribution in [1.29, 1.82) is 0 Å². The summed E-state index contributed by atoms with van der Waals surface area (Å²) in [7, 11) is 0. The Bertz CT molecular complexity index is 484. The Morgan fingerprint density at radius 1 is 1.35 bits per heavy atom. The van der Waals surface area contributed by atoms with E-state index in [0.717, 1.165) is 5.56 Å². The Hall–Kier alpha value is -1.59. The molecule has 0 fully saturated rings. The average molecular weight is 300 g/mol. The van der Waals surface area contributed by atoms with E-state index in [2.05, 4.69) is 0 Å². The molecular formula is C14H18ClNO4. The number of esters is 1. The highest BCUT2D eigenvalue weighted by atomic mass is 35.5. The van der Waals surface area contributed by atoms with Gasteiger partial charge in [-0.25, -0.2) is 4.79 Å². The van der Waals surface area contributed by atoms with Gasteiger partial charge in [-0.15, -0.1) is 11.6 Å². The topological polar surface area (TPSA) is 89.6 Å². The molecule has 20 heavy (non-hydrogen) atoms. The summed E-state index contributed by atoms with van der Waals surface area (Å²) in [4.78, 5) is 22.5. The van der Waals surface area contributed by atoms with E-state index >= 15 is 0 Å². The number of benzene rings is 1. The molecule has 6 heteroatoms. The van der Waals surface area contributed by atoms with Gasteiger partial charge in [0.05, 0.1) is 11.4 Å². The number of carbonyl (C=O) groups excluding carboxylic acids is 1. The molecule has 0 radical (unpaired) electrons. The summed E-state index contributed by atoms with van der Waals surface area (Å²) in [5, 5.41) is 8.73. The van der Waals surface area contributed by atoms with Crippen LogP contribution in [0.5, 0.6) is 0 Å².